The number of benzene rings is 2. The fourth-order valence-corrected chi connectivity index (χ4v) is 4.41. The van der Waals surface area contributed by atoms with Gasteiger partial charge in [-0.3, -0.25) is 14.4 Å². The van der Waals surface area contributed by atoms with E-state index >= 15 is 0 Å². The Kier molecular flexibility index (Phi) is 5.73. The number of aromatic amines is 1. The molecule has 1 aliphatic carbocycles. The van der Waals surface area contributed by atoms with Gasteiger partial charge in [0.25, 0.3) is 5.91 Å². The molecule has 0 bridgehead atoms. The van der Waals surface area contributed by atoms with E-state index in [2.05, 4.69) is 10.3 Å². The summed E-state index contributed by atoms with van der Waals surface area (Å²) in [5, 5.41) is 2.55. The second kappa shape index (κ2) is 8.38. The molecule has 2 aromatic carbocycles. The predicted octanol–water partition coefficient (Wildman–Crippen LogP) is 4.65. The number of hydrogen-bond acceptors (Lipinski definition) is 3. The third-order valence-corrected chi connectivity index (χ3v) is 5.93. The summed E-state index contributed by atoms with van der Waals surface area (Å²) < 4.78 is 39.4. The summed E-state index contributed by atoms with van der Waals surface area (Å²) in [6.07, 6.45) is -2.00. The van der Waals surface area contributed by atoms with Crippen molar-refractivity contribution >= 4 is 28.4 Å². The minimum atomic E-state index is -4.60. The zero-order valence-electron chi connectivity index (χ0n) is 18.0. The van der Waals surface area contributed by atoms with Crippen LogP contribution in [0.4, 0.5) is 18.9 Å². The lowest BCUT2D eigenvalue weighted by atomic mass is 10.0. The lowest BCUT2D eigenvalue weighted by Gasteiger charge is -2.28. The Balaban J connectivity index is 1.70. The summed E-state index contributed by atoms with van der Waals surface area (Å²) in [5.74, 6) is -0.721. The first-order chi connectivity index (χ1) is 15.6. The number of aryl methyl sites for hydroxylation is 1. The van der Waals surface area contributed by atoms with Crippen LogP contribution in [-0.2, 0) is 17.4 Å². The van der Waals surface area contributed by atoms with Gasteiger partial charge in [-0.15, -0.1) is 0 Å². The number of nitrogens with zero attached hydrogens (tertiary/aromatic N) is 1. The summed E-state index contributed by atoms with van der Waals surface area (Å²) in [5.41, 5.74) is 0.935. The molecule has 0 saturated heterocycles. The van der Waals surface area contributed by atoms with E-state index in [-0.39, 0.29) is 28.4 Å². The highest BCUT2D eigenvalue weighted by Gasteiger charge is 2.33. The standard InChI is InChI=1S/C24H22F3N3O3/c1-3-30(21-9-4-14-10-16(29-13(2)31)6-7-17(14)21)23(33)19-12-28-20-8-5-15(24(25,26)27)11-18(20)22(19)32/h5-8,10-12,21H,3-4,9H2,1-2H3,(H,28,32)(H,29,31). The molecule has 0 saturated carbocycles. The van der Waals surface area contributed by atoms with Crippen molar-refractivity contribution in [2.24, 2.45) is 0 Å². The highest BCUT2D eigenvalue weighted by molar-refractivity contribution is 5.97. The van der Waals surface area contributed by atoms with E-state index in [1.807, 2.05) is 12.1 Å². The highest BCUT2D eigenvalue weighted by atomic mass is 19.4. The molecule has 3 aromatic rings. The van der Waals surface area contributed by atoms with Crippen molar-refractivity contribution in [2.75, 3.05) is 11.9 Å². The SMILES string of the molecule is CCN(C(=O)c1c[nH]c2ccc(C(F)(F)F)cc2c1=O)C1CCc2cc(NC(C)=O)ccc21. The van der Waals surface area contributed by atoms with Crippen molar-refractivity contribution in [1.29, 1.82) is 0 Å². The highest BCUT2D eigenvalue weighted by Crippen LogP contribution is 2.38. The van der Waals surface area contributed by atoms with Gasteiger partial charge in [-0.25, -0.2) is 0 Å². The second-order valence-corrected chi connectivity index (χ2v) is 8.03. The molecule has 2 N–H and O–H groups in total. The number of halogens is 3. The van der Waals surface area contributed by atoms with Crippen molar-refractivity contribution in [1.82, 2.24) is 9.88 Å². The van der Waals surface area contributed by atoms with Gasteiger partial charge in [0, 0.05) is 36.3 Å². The van der Waals surface area contributed by atoms with E-state index in [0.29, 0.717) is 25.1 Å². The number of nitrogens with one attached hydrogen (secondary N) is 2. The molecule has 1 aliphatic rings. The molecule has 0 spiro atoms. The van der Waals surface area contributed by atoms with E-state index in [4.69, 9.17) is 0 Å². The lowest BCUT2D eigenvalue weighted by Crippen LogP contribution is -2.36. The molecular formula is C24H22F3N3O3. The normalized spacial score (nSPS) is 15.4. The smallest absolute Gasteiger partial charge is 0.360 e. The monoisotopic (exact) mass is 457 g/mol. The Morgan fingerprint density at radius 3 is 2.61 bits per heavy atom. The van der Waals surface area contributed by atoms with E-state index < -0.39 is 23.1 Å². The third kappa shape index (κ3) is 4.22. The number of amides is 2. The molecule has 4 rings (SSSR count). The Bertz CT molecular complexity index is 1310. The van der Waals surface area contributed by atoms with Crippen LogP contribution < -0.4 is 10.7 Å². The summed E-state index contributed by atoms with van der Waals surface area (Å²) in [6, 6.07) is 8.06. The van der Waals surface area contributed by atoms with Crippen LogP contribution in [-0.4, -0.2) is 28.2 Å². The van der Waals surface area contributed by atoms with Gasteiger partial charge in [0.1, 0.15) is 5.56 Å². The average molecular weight is 457 g/mol. The maximum atomic E-state index is 13.4. The quantitative estimate of drug-likeness (QED) is 0.598. The van der Waals surface area contributed by atoms with Crippen LogP contribution >= 0.6 is 0 Å². The molecule has 1 unspecified atom stereocenters. The molecule has 0 fully saturated rings. The molecule has 1 heterocycles. The molecule has 1 atom stereocenters. The number of carbonyl (C=O) groups excluding carboxylic acids is 2. The number of fused-ring (bicyclic) bond motifs is 2. The fraction of sp³-hybridized carbons (Fsp3) is 0.292. The Labute approximate surface area is 187 Å². The van der Waals surface area contributed by atoms with Crippen LogP contribution in [0.1, 0.15) is 53.4 Å². The topological polar surface area (TPSA) is 82.3 Å². The van der Waals surface area contributed by atoms with Crippen LogP contribution in [0.25, 0.3) is 10.9 Å². The molecule has 9 heteroatoms. The maximum Gasteiger partial charge on any atom is 0.416 e. The van der Waals surface area contributed by atoms with Gasteiger partial charge in [-0.05, 0) is 61.2 Å². The van der Waals surface area contributed by atoms with Gasteiger partial charge in [-0.1, -0.05) is 6.07 Å². The maximum absolute atomic E-state index is 13.4. The molecule has 33 heavy (non-hydrogen) atoms. The summed E-state index contributed by atoms with van der Waals surface area (Å²) in [6.45, 7) is 3.53. The van der Waals surface area contributed by atoms with Crippen LogP contribution in [0.3, 0.4) is 0 Å². The second-order valence-electron chi connectivity index (χ2n) is 8.03. The lowest BCUT2D eigenvalue weighted by molar-refractivity contribution is -0.137. The number of H-pyrrole nitrogens is 1. The van der Waals surface area contributed by atoms with Crippen LogP contribution in [0.5, 0.6) is 0 Å². The number of carbonyl (C=O) groups is 2. The molecule has 2 amide bonds. The first-order valence-electron chi connectivity index (χ1n) is 10.5. The first kappa shape index (κ1) is 22.6. The van der Waals surface area contributed by atoms with Gasteiger partial charge in [-0.2, -0.15) is 13.2 Å². The van der Waals surface area contributed by atoms with Crippen molar-refractivity contribution in [3.8, 4) is 0 Å². The van der Waals surface area contributed by atoms with Crippen molar-refractivity contribution in [3.63, 3.8) is 0 Å². The zero-order chi connectivity index (χ0) is 23.9. The predicted molar refractivity (Wildman–Crippen MR) is 118 cm³/mol. The number of alkyl halides is 3. The van der Waals surface area contributed by atoms with Crippen LogP contribution in [0.2, 0.25) is 0 Å². The number of pyridine rings is 1. The Morgan fingerprint density at radius 2 is 1.94 bits per heavy atom. The molecule has 0 radical (unpaired) electrons. The van der Waals surface area contributed by atoms with Crippen molar-refractivity contribution in [2.45, 2.75) is 38.9 Å². The molecular weight excluding hydrogens is 435 g/mol. The van der Waals surface area contributed by atoms with E-state index in [1.54, 1.807) is 17.9 Å². The minimum absolute atomic E-state index is 0.181. The summed E-state index contributed by atoms with van der Waals surface area (Å²) in [7, 11) is 0. The number of hydrogen-bond donors (Lipinski definition) is 2. The third-order valence-electron chi connectivity index (χ3n) is 5.93. The van der Waals surface area contributed by atoms with Crippen molar-refractivity contribution < 1.29 is 22.8 Å². The fourth-order valence-electron chi connectivity index (χ4n) is 4.41. The van der Waals surface area contributed by atoms with Crippen molar-refractivity contribution in [3.05, 3.63) is 75.1 Å². The Hall–Kier alpha value is -3.62. The minimum Gasteiger partial charge on any atom is -0.360 e. The van der Waals surface area contributed by atoms with Gasteiger partial charge >= 0.3 is 6.18 Å². The van der Waals surface area contributed by atoms with Gasteiger partial charge in [0.15, 0.2) is 0 Å². The van der Waals surface area contributed by atoms with Crippen LogP contribution in [0.15, 0.2) is 47.4 Å². The molecule has 1 aromatic heterocycles. The van der Waals surface area contributed by atoms with Gasteiger partial charge < -0.3 is 15.2 Å². The molecule has 0 aliphatic heterocycles. The summed E-state index contributed by atoms with van der Waals surface area (Å²) in [4.78, 5) is 42.0. The van der Waals surface area contributed by atoms with Crippen LogP contribution in [0, 0.1) is 0 Å². The van der Waals surface area contributed by atoms with E-state index in [9.17, 15) is 27.6 Å². The van der Waals surface area contributed by atoms with E-state index in [1.165, 1.54) is 19.2 Å². The van der Waals surface area contributed by atoms with Gasteiger partial charge in [0.2, 0.25) is 11.3 Å². The Morgan fingerprint density at radius 1 is 1.18 bits per heavy atom. The number of anilines is 1. The zero-order valence-corrected chi connectivity index (χ0v) is 18.0. The molecule has 6 nitrogen and oxygen atoms in total. The number of rotatable bonds is 4. The first-order valence-corrected chi connectivity index (χ1v) is 10.5. The number of aromatic nitrogens is 1. The summed E-state index contributed by atoms with van der Waals surface area (Å²) >= 11 is 0. The largest absolute Gasteiger partial charge is 0.416 e. The van der Waals surface area contributed by atoms with E-state index in [0.717, 1.165) is 23.3 Å². The molecule has 172 valence electrons. The van der Waals surface area contributed by atoms with Gasteiger partial charge in [0.05, 0.1) is 11.6 Å². The average Bonchev–Trinajstić information content (AvgIpc) is 3.16.